The van der Waals surface area contributed by atoms with Gasteiger partial charge in [-0.1, -0.05) is 23.8 Å². The Kier molecular flexibility index (Phi) is 6.55. The third-order valence-electron chi connectivity index (χ3n) is 4.18. The summed E-state index contributed by atoms with van der Waals surface area (Å²) < 4.78 is 0. The van der Waals surface area contributed by atoms with Gasteiger partial charge in [-0.25, -0.2) is 4.98 Å². The molecule has 1 aromatic carbocycles. The summed E-state index contributed by atoms with van der Waals surface area (Å²) >= 11 is 3.37. The Balaban J connectivity index is 1.53. The summed E-state index contributed by atoms with van der Waals surface area (Å²) in [5.41, 5.74) is 3.08. The molecule has 0 aliphatic rings. The predicted molar refractivity (Wildman–Crippen MR) is 109 cm³/mol. The van der Waals surface area contributed by atoms with Crippen LogP contribution in [0.3, 0.4) is 0 Å². The second kappa shape index (κ2) is 9.07. The minimum Gasteiger partial charge on any atom is -0.326 e. The molecular weight excluding hydrogens is 362 g/mol. The van der Waals surface area contributed by atoms with E-state index in [1.165, 1.54) is 15.3 Å². The van der Waals surface area contributed by atoms with Crippen LogP contribution in [-0.4, -0.2) is 17.4 Å². The van der Waals surface area contributed by atoms with E-state index in [2.05, 4.69) is 40.1 Å². The minimum absolute atomic E-state index is 0.0203. The number of nitrogens with one attached hydrogen (secondary N) is 2. The van der Waals surface area contributed by atoms with Crippen LogP contribution in [0.25, 0.3) is 0 Å². The van der Waals surface area contributed by atoms with E-state index in [1.54, 1.807) is 22.7 Å². The molecular formula is C20H24N3OS2+. The lowest BCUT2D eigenvalue weighted by molar-refractivity contribution is -0.925. The molecule has 1 amide bonds. The van der Waals surface area contributed by atoms with Crippen molar-refractivity contribution in [3.8, 4) is 0 Å². The molecule has 2 heterocycles. The van der Waals surface area contributed by atoms with E-state index in [1.807, 2.05) is 31.2 Å². The molecule has 0 radical (unpaired) electrons. The number of nitrogens with zero attached hydrogens (tertiary/aromatic N) is 1. The van der Waals surface area contributed by atoms with Gasteiger partial charge in [-0.2, -0.15) is 0 Å². The SMILES string of the molecule is CC[NH+](Cc1csc(CC(=O)Nc2ccc(C)cc2)n1)Cc1cccs1. The van der Waals surface area contributed by atoms with Crippen molar-refractivity contribution in [2.24, 2.45) is 0 Å². The van der Waals surface area contributed by atoms with Gasteiger partial charge >= 0.3 is 0 Å². The lowest BCUT2D eigenvalue weighted by Gasteiger charge is -2.15. The molecule has 0 saturated heterocycles. The molecule has 26 heavy (non-hydrogen) atoms. The predicted octanol–water partition coefficient (Wildman–Crippen LogP) is 3.30. The maximum absolute atomic E-state index is 12.2. The van der Waals surface area contributed by atoms with E-state index in [-0.39, 0.29) is 5.91 Å². The molecule has 1 atom stereocenters. The van der Waals surface area contributed by atoms with Gasteiger partial charge in [0.15, 0.2) is 0 Å². The van der Waals surface area contributed by atoms with Crippen LogP contribution in [0, 0.1) is 6.92 Å². The van der Waals surface area contributed by atoms with Gasteiger partial charge in [0.25, 0.3) is 0 Å². The smallest absolute Gasteiger partial charge is 0.231 e. The van der Waals surface area contributed by atoms with E-state index in [9.17, 15) is 4.79 Å². The largest absolute Gasteiger partial charge is 0.326 e. The molecule has 3 aromatic rings. The Hall–Kier alpha value is -2.02. The van der Waals surface area contributed by atoms with Crippen molar-refractivity contribution < 1.29 is 9.69 Å². The highest BCUT2D eigenvalue weighted by Gasteiger charge is 2.13. The maximum Gasteiger partial charge on any atom is 0.231 e. The molecule has 0 aliphatic heterocycles. The van der Waals surface area contributed by atoms with Crippen molar-refractivity contribution in [3.63, 3.8) is 0 Å². The number of aryl methyl sites for hydroxylation is 1. The molecule has 6 heteroatoms. The molecule has 2 N–H and O–H groups in total. The molecule has 2 aromatic heterocycles. The highest BCUT2D eigenvalue weighted by molar-refractivity contribution is 7.10. The van der Waals surface area contributed by atoms with Crippen LogP contribution in [0.1, 0.15) is 28.1 Å². The van der Waals surface area contributed by atoms with Crippen LogP contribution in [0.4, 0.5) is 5.69 Å². The summed E-state index contributed by atoms with van der Waals surface area (Å²) in [4.78, 5) is 19.8. The Bertz CT molecular complexity index is 825. The number of carbonyl (C=O) groups is 1. The molecule has 136 valence electrons. The maximum atomic E-state index is 12.2. The fraction of sp³-hybridized carbons (Fsp3) is 0.300. The summed E-state index contributed by atoms with van der Waals surface area (Å²) in [6, 6.07) is 12.1. The van der Waals surface area contributed by atoms with E-state index in [0.717, 1.165) is 36.0 Å². The quantitative estimate of drug-likeness (QED) is 0.624. The number of anilines is 1. The van der Waals surface area contributed by atoms with E-state index < -0.39 is 0 Å². The number of amides is 1. The molecule has 3 rings (SSSR count). The lowest BCUT2D eigenvalue weighted by Crippen LogP contribution is -3.09. The highest BCUT2D eigenvalue weighted by atomic mass is 32.1. The van der Waals surface area contributed by atoms with Gasteiger partial charge in [-0.05, 0) is 37.4 Å². The van der Waals surface area contributed by atoms with E-state index in [0.29, 0.717) is 6.42 Å². The zero-order valence-electron chi connectivity index (χ0n) is 15.1. The second-order valence-corrected chi connectivity index (χ2v) is 8.33. The average Bonchev–Trinajstić information content (AvgIpc) is 3.28. The first kappa shape index (κ1) is 18.8. The first-order chi connectivity index (χ1) is 12.6. The first-order valence-electron chi connectivity index (χ1n) is 8.78. The lowest BCUT2D eigenvalue weighted by atomic mass is 10.2. The Morgan fingerprint density at radius 3 is 2.65 bits per heavy atom. The number of quaternary nitrogens is 1. The number of rotatable bonds is 8. The van der Waals surface area contributed by atoms with Crippen molar-refractivity contribution in [2.75, 3.05) is 11.9 Å². The molecule has 0 spiro atoms. The average molecular weight is 387 g/mol. The summed E-state index contributed by atoms with van der Waals surface area (Å²) in [5.74, 6) is -0.0203. The third-order valence-corrected chi connectivity index (χ3v) is 5.96. The third kappa shape index (κ3) is 5.49. The Morgan fingerprint density at radius 1 is 1.15 bits per heavy atom. The number of thiazole rings is 1. The van der Waals surface area contributed by atoms with Crippen molar-refractivity contribution in [1.82, 2.24) is 4.98 Å². The number of benzene rings is 1. The molecule has 4 nitrogen and oxygen atoms in total. The molecule has 0 aliphatic carbocycles. The summed E-state index contributed by atoms with van der Waals surface area (Å²) in [6.45, 7) is 7.20. The Morgan fingerprint density at radius 2 is 1.96 bits per heavy atom. The van der Waals surface area contributed by atoms with Gasteiger partial charge in [0.05, 0.1) is 17.8 Å². The van der Waals surface area contributed by atoms with Crippen LogP contribution >= 0.6 is 22.7 Å². The highest BCUT2D eigenvalue weighted by Crippen LogP contribution is 2.13. The first-order valence-corrected chi connectivity index (χ1v) is 10.5. The van der Waals surface area contributed by atoms with Crippen molar-refractivity contribution >= 4 is 34.3 Å². The zero-order chi connectivity index (χ0) is 18.4. The van der Waals surface area contributed by atoms with Gasteiger partial charge < -0.3 is 10.2 Å². The summed E-state index contributed by atoms with van der Waals surface area (Å²) in [7, 11) is 0. The Labute approximate surface area is 162 Å². The van der Waals surface area contributed by atoms with E-state index >= 15 is 0 Å². The number of hydrogen-bond acceptors (Lipinski definition) is 4. The van der Waals surface area contributed by atoms with Crippen LogP contribution in [0.15, 0.2) is 47.2 Å². The van der Waals surface area contributed by atoms with Crippen LogP contribution in [0.2, 0.25) is 0 Å². The zero-order valence-corrected chi connectivity index (χ0v) is 16.8. The normalized spacial score (nSPS) is 12.1. The fourth-order valence-corrected chi connectivity index (χ4v) is 4.29. The summed E-state index contributed by atoms with van der Waals surface area (Å²) in [6.07, 6.45) is 0.324. The van der Waals surface area contributed by atoms with Crippen molar-refractivity contribution in [1.29, 1.82) is 0 Å². The number of aromatic nitrogens is 1. The molecule has 0 fully saturated rings. The topological polar surface area (TPSA) is 46.4 Å². The van der Waals surface area contributed by atoms with Gasteiger partial charge in [0.2, 0.25) is 5.91 Å². The van der Waals surface area contributed by atoms with Gasteiger partial charge in [-0.15, -0.1) is 22.7 Å². The molecule has 0 saturated carbocycles. The van der Waals surface area contributed by atoms with Crippen LogP contribution in [-0.2, 0) is 24.3 Å². The monoisotopic (exact) mass is 386 g/mol. The number of thiophene rings is 1. The minimum atomic E-state index is -0.0203. The molecule has 0 bridgehead atoms. The van der Waals surface area contributed by atoms with Gasteiger partial charge in [-0.3, -0.25) is 4.79 Å². The van der Waals surface area contributed by atoms with Crippen LogP contribution < -0.4 is 10.2 Å². The number of hydrogen-bond donors (Lipinski definition) is 2. The van der Waals surface area contributed by atoms with Gasteiger partial charge in [0.1, 0.15) is 23.8 Å². The summed E-state index contributed by atoms with van der Waals surface area (Å²) in [5, 5.41) is 8.01. The number of carbonyl (C=O) groups excluding carboxylic acids is 1. The van der Waals surface area contributed by atoms with Crippen molar-refractivity contribution in [3.05, 3.63) is 68.3 Å². The van der Waals surface area contributed by atoms with Crippen LogP contribution in [0.5, 0.6) is 0 Å². The van der Waals surface area contributed by atoms with Crippen molar-refractivity contribution in [2.45, 2.75) is 33.4 Å². The molecule has 1 unspecified atom stereocenters. The second-order valence-electron chi connectivity index (χ2n) is 6.36. The standard InChI is InChI=1S/C20H23N3OS2/c1-3-23(13-18-5-4-10-25-18)12-17-14-26-20(22-17)11-19(24)21-16-8-6-15(2)7-9-16/h4-10,14H,3,11-13H2,1-2H3,(H,21,24)/p+1. The van der Waals surface area contributed by atoms with E-state index in [4.69, 9.17) is 0 Å². The fourth-order valence-electron chi connectivity index (χ4n) is 2.72. The van der Waals surface area contributed by atoms with Gasteiger partial charge in [0, 0.05) is 11.1 Å².